The summed E-state index contributed by atoms with van der Waals surface area (Å²) in [6.45, 7) is 4.48. The molecule has 53 heavy (non-hydrogen) atoms. The molecule has 4 nitrogen and oxygen atoms in total. The molecule has 0 saturated heterocycles. The van der Waals surface area contributed by atoms with Crippen molar-refractivity contribution in [2.45, 2.75) is 19.3 Å². The van der Waals surface area contributed by atoms with Gasteiger partial charge in [-0.05, 0) is 62.2 Å². The molecular formula is C49H34N4. The number of nitrogens with zero attached hydrogens (tertiary/aromatic N) is 4. The average molecular weight is 679 g/mol. The third kappa shape index (κ3) is 5.79. The second-order valence-corrected chi connectivity index (χ2v) is 14.0. The molecule has 4 heteroatoms. The first-order chi connectivity index (χ1) is 26.0. The molecular weight excluding hydrogens is 645 g/mol. The van der Waals surface area contributed by atoms with Gasteiger partial charge in [0.2, 0.25) is 0 Å². The molecule has 1 heterocycles. The second kappa shape index (κ2) is 13.0. The van der Waals surface area contributed by atoms with Gasteiger partial charge in [-0.15, -0.1) is 0 Å². The number of fused-ring (bicyclic) bond motifs is 3. The monoisotopic (exact) mass is 678 g/mol. The van der Waals surface area contributed by atoms with Gasteiger partial charge in [0, 0.05) is 27.7 Å². The SMILES string of the molecule is CC1(C)c2cc(-c3ccc(-c4nc(-c5ccc(-c6ccccc6)cc5)nc(-c5ccc(-c6ccccc6)cc5)n4)cc3)ccc2-c2c(C#N)cccc21. The van der Waals surface area contributed by atoms with E-state index in [1.165, 1.54) is 11.1 Å². The summed E-state index contributed by atoms with van der Waals surface area (Å²) < 4.78 is 0. The number of aromatic nitrogens is 3. The van der Waals surface area contributed by atoms with E-state index in [0.29, 0.717) is 17.5 Å². The third-order valence-electron chi connectivity index (χ3n) is 10.4. The molecule has 8 aromatic rings. The Balaban J connectivity index is 1.09. The molecule has 9 rings (SSSR count). The lowest BCUT2D eigenvalue weighted by Crippen LogP contribution is -2.15. The van der Waals surface area contributed by atoms with Crippen molar-refractivity contribution in [1.29, 1.82) is 5.26 Å². The number of hydrogen-bond acceptors (Lipinski definition) is 4. The Morgan fingerprint density at radius 1 is 0.396 bits per heavy atom. The van der Waals surface area contributed by atoms with Gasteiger partial charge in [0.1, 0.15) is 0 Å². The van der Waals surface area contributed by atoms with E-state index in [1.54, 1.807) is 0 Å². The zero-order chi connectivity index (χ0) is 35.9. The normalized spacial score (nSPS) is 12.5. The van der Waals surface area contributed by atoms with E-state index >= 15 is 0 Å². The second-order valence-electron chi connectivity index (χ2n) is 14.0. The van der Waals surface area contributed by atoms with Crippen LogP contribution < -0.4 is 0 Å². The van der Waals surface area contributed by atoms with E-state index in [-0.39, 0.29) is 5.41 Å². The fourth-order valence-corrected chi connectivity index (χ4v) is 7.52. The molecule has 0 amide bonds. The number of hydrogen-bond donors (Lipinski definition) is 0. The van der Waals surface area contributed by atoms with Gasteiger partial charge in [0.25, 0.3) is 0 Å². The predicted molar refractivity (Wildman–Crippen MR) is 215 cm³/mol. The maximum absolute atomic E-state index is 9.86. The molecule has 7 aromatic carbocycles. The van der Waals surface area contributed by atoms with Gasteiger partial charge in [-0.25, -0.2) is 15.0 Å². The molecule has 0 unspecified atom stereocenters. The van der Waals surface area contributed by atoms with Crippen LogP contribution in [0.3, 0.4) is 0 Å². The average Bonchev–Trinajstić information content (AvgIpc) is 3.47. The van der Waals surface area contributed by atoms with Crippen molar-refractivity contribution in [3.63, 3.8) is 0 Å². The van der Waals surface area contributed by atoms with E-state index < -0.39 is 0 Å². The molecule has 0 atom stereocenters. The fraction of sp³-hybridized carbons (Fsp3) is 0.0612. The Morgan fingerprint density at radius 3 is 1.25 bits per heavy atom. The molecule has 0 fully saturated rings. The summed E-state index contributed by atoms with van der Waals surface area (Å²) >= 11 is 0. The van der Waals surface area contributed by atoms with Crippen molar-refractivity contribution >= 4 is 0 Å². The Kier molecular flexibility index (Phi) is 7.83. The molecule has 0 aliphatic heterocycles. The van der Waals surface area contributed by atoms with E-state index in [9.17, 15) is 5.26 Å². The van der Waals surface area contributed by atoms with Gasteiger partial charge >= 0.3 is 0 Å². The van der Waals surface area contributed by atoms with Crippen LogP contribution in [0, 0.1) is 11.3 Å². The van der Waals surface area contributed by atoms with E-state index in [4.69, 9.17) is 15.0 Å². The first kappa shape index (κ1) is 32.0. The van der Waals surface area contributed by atoms with Gasteiger partial charge in [-0.2, -0.15) is 5.26 Å². The summed E-state index contributed by atoms with van der Waals surface area (Å²) in [7, 11) is 0. The Morgan fingerprint density at radius 2 is 0.792 bits per heavy atom. The number of benzene rings is 7. The first-order valence-corrected chi connectivity index (χ1v) is 17.8. The standard InChI is InChI=1S/C49H34N4/c1-49(2)43-15-9-14-41(31-50)45(43)42-29-28-40(30-44(42)49)36-20-26-39(27-21-36)48-52-46(37-22-16-34(17-23-37)32-10-5-3-6-11-32)51-47(53-48)38-24-18-35(19-25-38)33-12-7-4-8-13-33/h3-30H,1-2H3. The molecule has 0 radical (unpaired) electrons. The molecule has 1 aliphatic carbocycles. The van der Waals surface area contributed by atoms with Crippen molar-refractivity contribution in [2.24, 2.45) is 0 Å². The van der Waals surface area contributed by atoms with E-state index in [1.807, 2.05) is 24.3 Å². The van der Waals surface area contributed by atoms with Gasteiger partial charge in [-0.3, -0.25) is 0 Å². The van der Waals surface area contributed by atoms with Crippen LogP contribution in [0.25, 0.3) is 78.7 Å². The summed E-state index contributed by atoms with van der Waals surface area (Å²) in [5.41, 5.74) is 14.8. The largest absolute Gasteiger partial charge is 0.208 e. The van der Waals surface area contributed by atoms with E-state index in [2.05, 4.69) is 166 Å². The van der Waals surface area contributed by atoms with Crippen LogP contribution in [0.1, 0.15) is 30.5 Å². The summed E-state index contributed by atoms with van der Waals surface area (Å²) in [4.78, 5) is 15.1. The van der Waals surface area contributed by atoms with Crippen LogP contribution in [0.5, 0.6) is 0 Å². The fourth-order valence-electron chi connectivity index (χ4n) is 7.52. The van der Waals surface area contributed by atoms with Crippen molar-refractivity contribution in [1.82, 2.24) is 15.0 Å². The topological polar surface area (TPSA) is 62.5 Å². The molecule has 0 saturated carbocycles. The quantitative estimate of drug-likeness (QED) is 0.176. The van der Waals surface area contributed by atoms with Crippen molar-refractivity contribution in [3.8, 4) is 84.7 Å². The summed E-state index contributed by atoms with van der Waals surface area (Å²) in [6.07, 6.45) is 0. The zero-order valence-electron chi connectivity index (χ0n) is 29.5. The summed E-state index contributed by atoms with van der Waals surface area (Å²) in [5, 5.41) is 9.86. The Labute approximate surface area is 309 Å². The van der Waals surface area contributed by atoms with Crippen LogP contribution in [0.2, 0.25) is 0 Å². The molecule has 1 aliphatic rings. The van der Waals surface area contributed by atoms with Crippen molar-refractivity contribution in [2.75, 3.05) is 0 Å². The first-order valence-electron chi connectivity index (χ1n) is 17.8. The molecule has 0 N–H and O–H groups in total. The highest BCUT2D eigenvalue weighted by atomic mass is 15.0. The maximum Gasteiger partial charge on any atom is 0.164 e. The lowest BCUT2D eigenvalue weighted by atomic mass is 9.81. The summed E-state index contributed by atoms with van der Waals surface area (Å²) in [5.74, 6) is 1.86. The van der Waals surface area contributed by atoms with Gasteiger partial charge in [0.05, 0.1) is 11.6 Å². The number of rotatable bonds is 6. The zero-order valence-corrected chi connectivity index (χ0v) is 29.5. The minimum absolute atomic E-state index is 0.205. The Hall–Kier alpha value is -6.96. The van der Waals surface area contributed by atoms with Crippen molar-refractivity contribution < 1.29 is 0 Å². The minimum Gasteiger partial charge on any atom is -0.208 e. The lowest BCUT2D eigenvalue weighted by molar-refractivity contribution is 0.660. The minimum atomic E-state index is -0.205. The lowest BCUT2D eigenvalue weighted by Gasteiger charge is -2.22. The highest BCUT2D eigenvalue weighted by Gasteiger charge is 2.37. The highest BCUT2D eigenvalue weighted by Crippen LogP contribution is 2.50. The molecule has 0 bridgehead atoms. The van der Waals surface area contributed by atoms with Crippen LogP contribution in [-0.2, 0) is 5.41 Å². The molecule has 1 aromatic heterocycles. The smallest absolute Gasteiger partial charge is 0.164 e. The third-order valence-corrected chi connectivity index (χ3v) is 10.4. The highest BCUT2D eigenvalue weighted by molar-refractivity contribution is 5.87. The van der Waals surface area contributed by atoms with Crippen molar-refractivity contribution in [3.05, 3.63) is 187 Å². The van der Waals surface area contributed by atoms with Gasteiger partial charge in [0.15, 0.2) is 17.5 Å². The molecule has 0 spiro atoms. The van der Waals surface area contributed by atoms with Crippen LogP contribution in [0.4, 0.5) is 0 Å². The van der Waals surface area contributed by atoms with Gasteiger partial charge < -0.3 is 0 Å². The maximum atomic E-state index is 9.86. The molecule has 250 valence electrons. The van der Waals surface area contributed by atoms with Crippen LogP contribution in [-0.4, -0.2) is 15.0 Å². The van der Waals surface area contributed by atoms with Gasteiger partial charge in [-0.1, -0.05) is 172 Å². The predicted octanol–water partition coefficient (Wildman–Crippen LogP) is 12.1. The van der Waals surface area contributed by atoms with E-state index in [0.717, 1.165) is 66.8 Å². The Bertz CT molecular complexity index is 2550. The van der Waals surface area contributed by atoms with Crippen LogP contribution in [0.15, 0.2) is 170 Å². The number of nitriles is 1. The summed E-state index contributed by atoms with van der Waals surface area (Å²) in [6, 6.07) is 61.1. The van der Waals surface area contributed by atoms with Crippen LogP contribution >= 0.6 is 0 Å².